The van der Waals surface area contributed by atoms with E-state index in [2.05, 4.69) is 10.3 Å². The van der Waals surface area contributed by atoms with E-state index >= 15 is 0 Å². The molecule has 5 nitrogen and oxygen atoms in total. The molecular formula is C20H26FN3O2. The number of phenols is 1. The molecular weight excluding hydrogens is 333 g/mol. The monoisotopic (exact) mass is 359 g/mol. The van der Waals surface area contributed by atoms with Crippen molar-refractivity contribution < 1.29 is 14.2 Å². The molecule has 0 heterocycles. The summed E-state index contributed by atoms with van der Waals surface area (Å²) in [5.41, 5.74) is 2.06. The van der Waals surface area contributed by atoms with Crippen molar-refractivity contribution in [3.05, 3.63) is 59.4 Å². The van der Waals surface area contributed by atoms with Crippen LogP contribution in [0.25, 0.3) is 0 Å². The maximum absolute atomic E-state index is 13.0. The van der Waals surface area contributed by atoms with Gasteiger partial charge >= 0.3 is 0 Å². The molecule has 0 aliphatic rings. The first-order valence-corrected chi connectivity index (χ1v) is 8.63. The first kappa shape index (κ1) is 19.6. The second-order valence-corrected chi connectivity index (χ2v) is 5.97. The zero-order valence-electron chi connectivity index (χ0n) is 15.5. The molecule has 140 valence electrons. The van der Waals surface area contributed by atoms with Gasteiger partial charge in [0.2, 0.25) is 0 Å². The smallest absolute Gasteiger partial charge is 0.193 e. The number of nitrogens with one attached hydrogen (secondary N) is 1. The molecule has 0 unspecified atom stereocenters. The lowest BCUT2D eigenvalue weighted by Gasteiger charge is -2.22. The van der Waals surface area contributed by atoms with Gasteiger partial charge in [0.25, 0.3) is 0 Å². The van der Waals surface area contributed by atoms with Crippen LogP contribution in [0.2, 0.25) is 0 Å². The van der Waals surface area contributed by atoms with Crippen LogP contribution in [0.1, 0.15) is 18.1 Å². The van der Waals surface area contributed by atoms with Gasteiger partial charge in [-0.25, -0.2) is 4.39 Å². The summed E-state index contributed by atoms with van der Waals surface area (Å²) in [5.74, 6) is 1.16. The first-order chi connectivity index (χ1) is 12.5. The minimum absolute atomic E-state index is 0.132. The highest BCUT2D eigenvalue weighted by Crippen LogP contribution is 2.26. The standard InChI is InChI=1S/C20H26FN3O2/c1-4-22-20(24(2)14-16-5-8-17(21)9-6-16)23-12-11-15-7-10-18(25)19(13-15)26-3/h5-10,13,25H,4,11-12,14H2,1-3H3,(H,22,23). The fraction of sp³-hybridized carbons (Fsp3) is 0.350. The number of hydrogen-bond acceptors (Lipinski definition) is 3. The van der Waals surface area contributed by atoms with Gasteiger partial charge < -0.3 is 20.1 Å². The van der Waals surface area contributed by atoms with Crippen LogP contribution in [0.5, 0.6) is 11.5 Å². The average Bonchev–Trinajstić information content (AvgIpc) is 2.64. The molecule has 0 amide bonds. The van der Waals surface area contributed by atoms with Gasteiger partial charge in [0.05, 0.1) is 7.11 Å². The molecule has 0 aliphatic heterocycles. The molecule has 2 aromatic carbocycles. The van der Waals surface area contributed by atoms with Crippen LogP contribution in [-0.4, -0.2) is 43.2 Å². The van der Waals surface area contributed by atoms with Crippen molar-refractivity contribution in [2.45, 2.75) is 19.9 Å². The Balaban J connectivity index is 1.99. The minimum atomic E-state index is -0.235. The van der Waals surface area contributed by atoms with E-state index in [0.29, 0.717) is 18.8 Å². The second-order valence-electron chi connectivity index (χ2n) is 5.97. The van der Waals surface area contributed by atoms with Crippen LogP contribution in [0.4, 0.5) is 4.39 Å². The Morgan fingerprint density at radius 3 is 2.54 bits per heavy atom. The number of nitrogens with zero attached hydrogens (tertiary/aromatic N) is 2. The molecule has 0 fully saturated rings. The van der Waals surface area contributed by atoms with Gasteiger partial charge in [-0.2, -0.15) is 0 Å². The Morgan fingerprint density at radius 2 is 1.88 bits per heavy atom. The van der Waals surface area contributed by atoms with Crippen LogP contribution in [0.3, 0.4) is 0 Å². The van der Waals surface area contributed by atoms with Crippen molar-refractivity contribution in [3.8, 4) is 11.5 Å². The van der Waals surface area contributed by atoms with E-state index in [1.165, 1.54) is 19.2 Å². The Kier molecular flexibility index (Phi) is 7.26. The Morgan fingerprint density at radius 1 is 1.19 bits per heavy atom. The van der Waals surface area contributed by atoms with E-state index in [1.54, 1.807) is 18.2 Å². The quantitative estimate of drug-likeness (QED) is 0.589. The number of ether oxygens (including phenoxy) is 1. The largest absolute Gasteiger partial charge is 0.504 e. The first-order valence-electron chi connectivity index (χ1n) is 8.63. The zero-order chi connectivity index (χ0) is 18.9. The number of aliphatic imine (C=N–C) groups is 1. The number of hydrogen-bond donors (Lipinski definition) is 2. The molecule has 0 aromatic heterocycles. The third-order valence-electron chi connectivity index (χ3n) is 3.94. The van der Waals surface area contributed by atoms with Gasteiger partial charge in [-0.05, 0) is 48.7 Å². The SMILES string of the molecule is CCNC(=NCCc1ccc(O)c(OC)c1)N(C)Cc1ccc(F)cc1. The molecule has 2 N–H and O–H groups in total. The van der Waals surface area contributed by atoms with Crippen molar-refractivity contribution in [2.75, 3.05) is 27.2 Å². The third-order valence-corrected chi connectivity index (χ3v) is 3.94. The zero-order valence-corrected chi connectivity index (χ0v) is 15.5. The van der Waals surface area contributed by atoms with E-state index in [9.17, 15) is 9.50 Å². The van der Waals surface area contributed by atoms with Crippen LogP contribution < -0.4 is 10.1 Å². The lowest BCUT2D eigenvalue weighted by molar-refractivity contribution is 0.373. The minimum Gasteiger partial charge on any atom is -0.504 e. The summed E-state index contributed by atoms with van der Waals surface area (Å²) in [5, 5.41) is 12.9. The molecule has 0 saturated carbocycles. The summed E-state index contributed by atoms with van der Waals surface area (Å²) >= 11 is 0. The van der Waals surface area contributed by atoms with Crippen molar-refractivity contribution in [1.29, 1.82) is 0 Å². The number of aromatic hydroxyl groups is 1. The van der Waals surface area contributed by atoms with E-state index in [-0.39, 0.29) is 11.6 Å². The van der Waals surface area contributed by atoms with E-state index in [0.717, 1.165) is 30.1 Å². The molecule has 26 heavy (non-hydrogen) atoms. The number of methoxy groups -OCH3 is 1. The topological polar surface area (TPSA) is 57.1 Å². The Hall–Kier alpha value is -2.76. The highest BCUT2D eigenvalue weighted by Gasteiger charge is 2.07. The Bertz CT molecular complexity index is 732. The van der Waals surface area contributed by atoms with Crippen LogP contribution >= 0.6 is 0 Å². The van der Waals surface area contributed by atoms with E-state index < -0.39 is 0 Å². The third kappa shape index (κ3) is 5.65. The van der Waals surface area contributed by atoms with Gasteiger partial charge in [0, 0.05) is 26.7 Å². The lowest BCUT2D eigenvalue weighted by atomic mass is 10.1. The number of benzene rings is 2. The predicted molar refractivity (Wildman–Crippen MR) is 102 cm³/mol. The van der Waals surface area contributed by atoms with Crippen molar-refractivity contribution in [2.24, 2.45) is 4.99 Å². The van der Waals surface area contributed by atoms with Crippen LogP contribution in [-0.2, 0) is 13.0 Å². The highest BCUT2D eigenvalue weighted by atomic mass is 19.1. The lowest BCUT2D eigenvalue weighted by Crippen LogP contribution is -2.38. The molecule has 2 rings (SSSR count). The van der Waals surface area contributed by atoms with Crippen LogP contribution in [0, 0.1) is 5.82 Å². The van der Waals surface area contributed by atoms with Gasteiger partial charge in [-0.1, -0.05) is 18.2 Å². The normalized spacial score (nSPS) is 11.3. The molecule has 2 aromatic rings. The summed E-state index contributed by atoms with van der Waals surface area (Å²) in [7, 11) is 3.49. The number of halogens is 1. The maximum Gasteiger partial charge on any atom is 0.193 e. The van der Waals surface area contributed by atoms with Gasteiger partial charge in [-0.15, -0.1) is 0 Å². The van der Waals surface area contributed by atoms with E-state index in [1.807, 2.05) is 31.0 Å². The summed E-state index contributed by atoms with van der Waals surface area (Å²) in [6.07, 6.45) is 0.732. The predicted octanol–water partition coefficient (Wildman–Crippen LogP) is 3.18. The van der Waals surface area contributed by atoms with Gasteiger partial charge in [-0.3, -0.25) is 4.99 Å². The number of guanidine groups is 1. The summed E-state index contributed by atoms with van der Waals surface area (Å²) < 4.78 is 18.2. The van der Waals surface area contributed by atoms with Crippen molar-refractivity contribution in [3.63, 3.8) is 0 Å². The molecule has 0 spiro atoms. The summed E-state index contributed by atoms with van der Waals surface area (Å²) in [4.78, 5) is 6.66. The molecule has 0 atom stereocenters. The van der Waals surface area contributed by atoms with Gasteiger partial charge in [0.15, 0.2) is 17.5 Å². The van der Waals surface area contributed by atoms with Crippen molar-refractivity contribution >= 4 is 5.96 Å². The van der Waals surface area contributed by atoms with E-state index in [4.69, 9.17) is 4.74 Å². The number of phenolic OH excluding ortho intramolecular Hbond substituents is 1. The second kappa shape index (κ2) is 9.65. The fourth-order valence-electron chi connectivity index (χ4n) is 2.58. The summed E-state index contributed by atoms with van der Waals surface area (Å²) in [6.45, 7) is 4.02. The Labute approximate surface area is 154 Å². The summed E-state index contributed by atoms with van der Waals surface area (Å²) in [6, 6.07) is 11.8. The molecule has 0 bridgehead atoms. The average molecular weight is 359 g/mol. The maximum atomic E-state index is 13.0. The highest BCUT2D eigenvalue weighted by molar-refractivity contribution is 5.79. The van der Waals surface area contributed by atoms with Crippen molar-refractivity contribution in [1.82, 2.24) is 10.2 Å². The molecule has 6 heteroatoms. The van der Waals surface area contributed by atoms with Gasteiger partial charge in [0.1, 0.15) is 5.82 Å². The molecule has 0 saturated heterocycles. The molecule has 0 aliphatic carbocycles. The molecule has 0 radical (unpaired) electrons. The number of rotatable bonds is 7. The van der Waals surface area contributed by atoms with Crippen LogP contribution in [0.15, 0.2) is 47.5 Å². The fourth-order valence-corrected chi connectivity index (χ4v) is 2.58.